The van der Waals surface area contributed by atoms with Crippen molar-refractivity contribution in [3.05, 3.63) is 18.1 Å². The summed E-state index contributed by atoms with van der Waals surface area (Å²) in [4.78, 5) is 10.4. The molecule has 1 heterocycles. The highest BCUT2D eigenvalue weighted by molar-refractivity contribution is 5.24. The van der Waals surface area contributed by atoms with Crippen LogP contribution in [0.4, 0.5) is 0 Å². The van der Waals surface area contributed by atoms with E-state index in [1.54, 1.807) is 19.5 Å². The van der Waals surface area contributed by atoms with E-state index < -0.39 is 0 Å². The molecule has 0 radical (unpaired) electrons. The molecule has 0 aliphatic carbocycles. The summed E-state index contributed by atoms with van der Waals surface area (Å²) in [6.45, 7) is 4.12. The van der Waals surface area contributed by atoms with Crippen LogP contribution in [0.3, 0.4) is 0 Å². The summed E-state index contributed by atoms with van der Waals surface area (Å²) in [5.74, 6) is 0.491. The Hall–Kier alpha value is -1.20. The summed E-state index contributed by atoms with van der Waals surface area (Å²) < 4.78 is 5.17. The first-order chi connectivity index (χ1) is 7.41. The molecule has 0 amide bonds. The first kappa shape index (κ1) is 12.9. The maximum atomic E-state index is 6.23. The van der Waals surface area contributed by atoms with E-state index in [1.807, 2.05) is 14.1 Å². The first-order valence-electron chi connectivity index (χ1n) is 5.19. The molecule has 1 atom stereocenters. The van der Waals surface area contributed by atoms with Gasteiger partial charge in [0.25, 0.3) is 0 Å². The van der Waals surface area contributed by atoms with Crippen LogP contribution in [0.15, 0.2) is 12.4 Å². The molecule has 1 aromatic heterocycles. The Morgan fingerprint density at radius 1 is 1.31 bits per heavy atom. The van der Waals surface area contributed by atoms with Crippen molar-refractivity contribution in [1.82, 2.24) is 14.9 Å². The molecule has 5 heteroatoms. The molecular weight excluding hydrogens is 204 g/mol. The van der Waals surface area contributed by atoms with Crippen LogP contribution in [0.1, 0.15) is 25.6 Å². The highest BCUT2D eigenvalue weighted by atomic mass is 16.5. The summed E-state index contributed by atoms with van der Waals surface area (Å²) in [6.07, 6.45) is 3.22. The van der Waals surface area contributed by atoms with Gasteiger partial charge >= 0.3 is 0 Å². The Morgan fingerprint density at radius 2 is 1.88 bits per heavy atom. The summed E-state index contributed by atoms with van der Waals surface area (Å²) in [5.41, 5.74) is 6.69. The van der Waals surface area contributed by atoms with Crippen molar-refractivity contribution in [2.45, 2.75) is 25.4 Å². The number of hydrogen-bond acceptors (Lipinski definition) is 5. The van der Waals surface area contributed by atoms with Gasteiger partial charge in [-0.1, -0.05) is 0 Å². The van der Waals surface area contributed by atoms with Gasteiger partial charge in [-0.25, -0.2) is 4.98 Å². The average molecular weight is 224 g/mol. The van der Waals surface area contributed by atoms with Crippen LogP contribution in [0, 0.1) is 0 Å². The lowest BCUT2D eigenvalue weighted by atomic mass is 9.91. The molecule has 0 spiro atoms. The van der Waals surface area contributed by atoms with Gasteiger partial charge in [0.1, 0.15) is 5.69 Å². The van der Waals surface area contributed by atoms with Crippen molar-refractivity contribution in [3.8, 4) is 5.88 Å². The Bertz CT molecular complexity index is 352. The quantitative estimate of drug-likeness (QED) is 0.820. The van der Waals surface area contributed by atoms with Crippen LogP contribution in [0.2, 0.25) is 0 Å². The Balaban J connectivity index is 3.09. The Kier molecular flexibility index (Phi) is 3.83. The molecule has 0 bridgehead atoms. The molecule has 90 valence electrons. The van der Waals surface area contributed by atoms with E-state index in [4.69, 9.17) is 10.5 Å². The maximum absolute atomic E-state index is 6.23. The van der Waals surface area contributed by atoms with Gasteiger partial charge in [-0.3, -0.25) is 4.98 Å². The summed E-state index contributed by atoms with van der Waals surface area (Å²) in [7, 11) is 5.55. The zero-order chi connectivity index (χ0) is 12.3. The summed E-state index contributed by atoms with van der Waals surface area (Å²) in [5, 5.41) is 0. The lowest BCUT2D eigenvalue weighted by Crippen LogP contribution is -2.47. The molecule has 0 aliphatic heterocycles. The van der Waals surface area contributed by atoms with Gasteiger partial charge < -0.3 is 15.4 Å². The second kappa shape index (κ2) is 4.76. The molecule has 5 nitrogen and oxygen atoms in total. The van der Waals surface area contributed by atoms with Crippen LogP contribution in [0.5, 0.6) is 5.88 Å². The fourth-order valence-electron chi connectivity index (χ4n) is 1.32. The van der Waals surface area contributed by atoms with Crippen molar-refractivity contribution >= 4 is 0 Å². The molecule has 0 aromatic carbocycles. The summed E-state index contributed by atoms with van der Waals surface area (Å²) >= 11 is 0. The number of aromatic nitrogens is 2. The Morgan fingerprint density at radius 3 is 2.38 bits per heavy atom. The van der Waals surface area contributed by atoms with E-state index in [9.17, 15) is 0 Å². The van der Waals surface area contributed by atoms with Gasteiger partial charge in [0.2, 0.25) is 5.88 Å². The van der Waals surface area contributed by atoms with Gasteiger partial charge in [0, 0.05) is 17.9 Å². The standard InChI is InChI=1S/C11H20N4O/c1-11(2,15(3)4)9(12)8-10(16-5)14-7-6-13-8/h6-7,9H,12H2,1-5H3. The second-order valence-corrected chi connectivity index (χ2v) is 4.48. The molecule has 0 fully saturated rings. The zero-order valence-corrected chi connectivity index (χ0v) is 10.6. The number of methoxy groups -OCH3 is 1. The maximum Gasteiger partial charge on any atom is 0.237 e. The van der Waals surface area contributed by atoms with Gasteiger partial charge in [-0.2, -0.15) is 0 Å². The minimum Gasteiger partial charge on any atom is -0.480 e. The minimum absolute atomic E-state index is 0.219. The molecule has 16 heavy (non-hydrogen) atoms. The van der Waals surface area contributed by atoms with Gasteiger partial charge in [0.05, 0.1) is 13.2 Å². The van der Waals surface area contributed by atoms with Crippen molar-refractivity contribution in [3.63, 3.8) is 0 Å². The van der Waals surface area contributed by atoms with E-state index >= 15 is 0 Å². The van der Waals surface area contributed by atoms with Gasteiger partial charge in [-0.15, -0.1) is 0 Å². The zero-order valence-electron chi connectivity index (χ0n) is 10.6. The predicted molar refractivity (Wildman–Crippen MR) is 63.3 cm³/mol. The largest absolute Gasteiger partial charge is 0.480 e. The van der Waals surface area contributed by atoms with Crippen LogP contribution >= 0.6 is 0 Å². The lowest BCUT2D eigenvalue weighted by molar-refractivity contribution is 0.154. The lowest BCUT2D eigenvalue weighted by Gasteiger charge is -2.37. The number of nitrogens with two attached hydrogens (primary N) is 1. The number of likely N-dealkylation sites (N-methyl/N-ethyl adjacent to an activating group) is 1. The number of nitrogens with zero attached hydrogens (tertiary/aromatic N) is 3. The van der Waals surface area contributed by atoms with Crippen LogP contribution in [0.25, 0.3) is 0 Å². The van der Waals surface area contributed by atoms with Gasteiger partial charge in [-0.05, 0) is 27.9 Å². The fourth-order valence-corrected chi connectivity index (χ4v) is 1.32. The number of hydrogen-bond donors (Lipinski definition) is 1. The third kappa shape index (κ3) is 2.31. The van der Waals surface area contributed by atoms with Crippen molar-refractivity contribution in [2.75, 3.05) is 21.2 Å². The second-order valence-electron chi connectivity index (χ2n) is 4.48. The van der Waals surface area contributed by atoms with Crippen LogP contribution < -0.4 is 10.5 Å². The molecule has 1 aromatic rings. The molecule has 2 N–H and O–H groups in total. The van der Waals surface area contributed by atoms with Gasteiger partial charge in [0.15, 0.2) is 0 Å². The molecule has 0 aliphatic rings. The van der Waals surface area contributed by atoms with E-state index in [-0.39, 0.29) is 11.6 Å². The molecule has 0 saturated carbocycles. The van der Waals surface area contributed by atoms with Crippen molar-refractivity contribution in [2.24, 2.45) is 5.73 Å². The molecule has 0 saturated heterocycles. The van der Waals surface area contributed by atoms with E-state index in [2.05, 4.69) is 28.7 Å². The van der Waals surface area contributed by atoms with Crippen LogP contribution in [-0.4, -0.2) is 41.6 Å². The Labute approximate surface area is 96.6 Å². The molecular formula is C11H20N4O. The number of rotatable bonds is 4. The van der Waals surface area contributed by atoms with E-state index in [0.717, 1.165) is 0 Å². The summed E-state index contributed by atoms with van der Waals surface area (Å²) in [6, 6.07) is -0.258. The highest BCUT2D eigenvalue weighted by Crippen LogP contribution is 2.29. The normalized spacial score (nSPS) is 13.9. The number of ether oxygens (including phenoxy) is 1. The third-order valence-electron chi connectivity index (χ3n) is 3.09. The van der Waals surface area contributed by atoms with E-state index in [1.165, 1.54) is 0 Å². The highest BCUT2D eigenvalue weighted by Gasteiger charge is 2.33. The first-order valence-corrected chi connectivity index (χ1v) is 5.19. The predicted octanol–water partition coefficient (Wildman–Crippen LogP) is 0.825. The minimum atomic E-state index is -0.258. The van der Waals surface area contributed by atoms with Crippen LogP contribution in [-0.2, 0) is 0 Å². The SMILES string of the molecule is COc1nccnc1C(N)C(C)(C)N(C)C. The topological polar surface area (TPSA) is 64.3 Å². The monoisotopic (exact) mass is 224 g/mol. The molecule has 1 rings (SSSR count). The van der Waals surface area contributed by atoms with E-state index in [0.29, 0.717) is 11.6 Å². The average Bonchev–Trinajstić information content (AvgIpc) is 2.27. The fraction of sp³-hybridized carbons (Fsp3) is 0.636. The third-order valence-corrected chi connectivity index (χ3v) is 3.09. The van der Waals surface area contributed by atoms with Crippen molar-refractivity contribution < 1.29 is 4.74 Å². The molecule has 1 unspecified atom stereocenters. The smallest absolute Gasteiger partial charge is 0.237 e. The van der Waals surface area contributed by atoms with Crippen molar-refractivity contribution in [1.29, 1.82) is 0 Å².